The van der Waals surface area contributed by atoms with Gasteiger partial charge in [-0.05, 0) is 64.2 Å². The van der Waals surface area contributed by atoms with Crippen molar-refractivity contribution in [3.8, 4) is 0 Å². The molecule has 1 aliphatic rings. The zero-order valence-electron chi connectivity index (χ0n) is 14.3. The maximum atomic E-state index is 10.4. The Labute approximate surface area is 141 Å². The quantitative estimate of drug-likeness (QED) is 0.502. The molecule has 0 spiro atoms. The van der Waals surface area contributed by atoms with Gasteiger partial charge in [0.05, 0.1) is 6.10 Å². The number of hydrogen-bond donors (Lipinski definition) is 1. The van der Waals surface area contributed by atoms with E-state index in [0.717, 1.165) is 64.4 Å². The van der Waals surface area contributed by atoms with Gasteiger partial charge < -0.3 is 9.84 Å². The molecule has 0 aromatic carbocycles. The highest BCUT2D eigenvalue weighted by atomic mass is 16.5. The van der Waals surface area contributed by atoms with Gasteiger partial charge in [0, 0.05) is 13.0 Å². The fourth-order valence-electron chi connectivity index (χ4n) is 2.58. The van der Waals surface area contributed by atoms with Crippen LogP contribution in [0.25, 0.3) is 0 Å². The van der Waals surface area contributed by atoms with Gasteiger partial charge in [-0.25, -0.2) is 0 Å². The first kappa shape index (κ1) is 19.7. The second-order valence-electron chi connectivity index (χ2n) is 6.09. The molecular formula is C20H32O3. The highest BCUT2D eigenvalue weighted by Gasteiger charge is 2.06. The molecule has 1 atom stereocenters. The van der Waals surface area contributed by atoms with Gasteiger partial charge >= 0.3 is 5.97 Å². The Morgan fingerprint density at radius 1 is 1.09 bits per heavy atom. The van der Waals surface area contributed by atoms with Gasteiger partial charge in [0.2, 0.25) is 0 Å². The molecule has 0 bridgehead atoms. The first-order valence-corrected chi connectivity index (χ1v) is 9.07. The summed E-state index contributed by atoms with van der Waals surface area (Å²) in [5, 5.41) is 8.59. The van der Waals surface area contributed by atoms with Gasteiger partial charge in [-0.15, -0.1) is 0 Å². The first-order chi connectivity index (χ1) is 11.3. The summed E-state index contributed by atoms with van der Waals surface area (Å²) in [6.45, 7) is 0.856. The molecule has 0 aromatic rings. The molecule has 0 saturated carbocycles. The smallest absolute Gasteiger partial charge is 0.303 e. The molecule has 0 saturated heterocycles. The Balaban J connectivity index is 2.22. The Kier molecular flexibility index (Phi) is 12.2. The third-order valence-electron chi connectivity index (χ3n) is 3.96. The first-order valence-electron chi connectivity index (χ1n) is 9.07. The fourth-order valence-corrected chi connectivity index (χ4v) is 2.58. The number of aliphatic carboxylic acids is 1. The standard InChI is InChI=1S/C20H32O3/c21-20(22)17-13-9-6-8-12-16-19-15-11-7-4-2-1-3-5-10-14-18-23-19/h1,3-4,7-8,12,19H,2,5-6,9-11,13-18H2,(H,21,22). The molecule has 0 aliphatic carbocycles. The maximum absolute atomic E-state index is 10.4. The van der Waals surface area contributed by atoms with Gasteiger partial charge in [0.25, 0.3) is 0 Å². The molecular weight excluding hydrogens is 288 g/mol. The van der Waals surface area contributed by atoms with Crippen LogP contribution < -0.4 is 0 Å². The minimum atomic E-state index is -0.699. The molecule has 1 rings (SSSR count). The second-order valence-corrected chi connectivity index (χ2v) is 6.09. The molecule has 3 heteroatoms. The second kappa shape index (κ2) is 14.3. The average Bonchev–Trinajstić information content (AvgIpc) is 2.55. The Hall–Kier alpha value is -1.35. The number of carboxylic acids is 1. The predicted molar refractivity (Wildman–Crippen MR) is 95.6 cm³/mol. The minimum Gasteiger partial charge on any atom is -0.481 e. The van der Waals surface area contributed by atoms with Gasteiger partial charge in [-0.1, -0.05) is 36.5 Å². The maximum Gasteiger partial charge on any atom is 0.303 e. The number of unbranched alkanes of at least 4 members (excludes halogenated alkanes) is 2. The summed E-state index contributed by atoms with van der Waals surface area (Å²) < 4.78 is 6.03. The van der Waals surface area contributed by atoms with Crippen molar-refractivity contribution in [3.63, 3.8) is 0 Å². The molecule has 1 heterocycles. The molecule has 130 valence electrons. The number of ether oxygens (including phenoxy) is 1. The Morgan fingerprint density at radius 3 is 2.74 bits per heavy atom. The molecule has 3 nitrogen and oxygen atoms in total. The van der Waals surface area contributed by atoms with Crippen molar-refractivity contribution in [2.24, 2.45) is 0 Å². The monoisotopic (exact) mass is 320 g/mol. The van der Waals surface area contributed by atoms with Crippen molar-refractivity contribution in [2.45, 2.75) is 76.7 Å². The minimum absolute atomic E-state index is 0.279. The summed E-state index contributed by atoms with van der Waals surface area (Å²) in [4.78, 5) is 10.4. The van der Waals surface area contributed by atoms with E-state index in [-0.39, 0.29) is 6.42 Å². The van der Waals surface area contributed by atoms with E-state index in [1.807, 2.05) is 0 Å². The van der Waals surface area contributed by atoms with Crippen LogP contribution in [0.3, 0.4) is 0 Å². The molecule has 0 fully saturated rings. The normalized spacial score (nSPS) is 20.8. The van der Waals surface area contributed by atoms with Crippen LogP contribution >= 0.6 is 0 Å². The van der Waals surface area contributed by atoms with E-state index < -0.39 is 5.97 Å². The van der Waals surface area contributed by atoms with Gasteiger partial charge in [0.15, 0.2) is 0 Å². The lowest BCUT2D eigenvalue weighted by Crippen LogP contribution is -2.12. The van der Waals surface area contributed by atoms with Crippen molar-refractivity contribution in [2.75, 3.05) is 6.61 Å². The molecule has 0 amide bonds. The Bertz CT molecular complexity index is 382. The van der Waals surface area contributed by atoms with Crippen LogP contribution in [-0.4, -0.2) is 23.8 Å². The average molecular weight is 320 g/mol. The van der Waals surface area contributed by atoms with Gasteiger partial charge in [-0.2, -0.15) is 0 Å². The van der Waals surface area contributed by atoms with E-state index in [1.54, 1.807) is 0 Å². The summed E-state index contributed by atoms with van der Waals surface area (Å²) in [6.07, 6.45) is 24.3. The summed E-state index contributed by atoms with van der Waals surface area (Å²) in [6, 6.07) is 0. The number of rotatable bonds is 7. The molecule has 1 unspecified atom stereocenters. The van der Waals surface area contributed by atoms with Gasteiger partial charge in [0.1, 0.15) is 0 Å². The molecule has 1 aliphatic heterocycles. The zero-order chi connectivity index (χ0) is 16.6. The Morgan fingerprint density at radius 2 is 1.91 bits per heavy atom. The molecule has 1 N–H and O–H groups in total. The lowest BCUT2D eigenvalue weighted by atomic mass is 10.1. The number of allylic oxidation sites excluding steroid dienone is 5. The fraction of sp³-hybridized carbons (Fsp3) is 0.650. The van der Waals surface area contributed by atoms with Crippen molar-refractivity contribution >= 4 is 5.97 Å². The predicted octanol–water partition coefficient (Wildman–Crippen LogP) is 5.43. The molecule has 0 aromatic heterocycles. The summed E-state index contributed by atoms with van der Waals surface area (Å²) in [7, 11) is 0. The van der Waals surface area contributed by atoms with Gasteiger partial charge in [-0.3, -0.25) is 4.79 Å². The van der Waals surface area contributed by atoms with E-state index in [2.05, 4.69) is 36.5 Å². The summed E-state index contributed by atoms with van der Waals surface area (Å²) in [5.41, 5.74) is 0. The summed E-state index contributed by atoms with van der Waals surface area (Å²) in [5.74, 6) is -0.699. The lowest BCUT2D eigenvalue weighted by molar-refractivity contribution is -0.137. The van der Waals surface area contributed by atoms with Crippen LogP contribution in [0.1, 0.15) is 70.6 Å². The largest absolute Gasteiger partial charge is 0.481 e. The lowest BCUT2D eigenvalue weighted by Gasteiger charge is -2.15. The van der Waals surface area contributed by atoms with Crippen molar-refractivity contribution < 1.29 is 14.6 Å². The van der Waals surface area contributed by atoms with Crippen LogP contribution in [0, 0.1) is 0 Å². The molecule has 0 radical (unpaired) electrons. The topological polar surface area (TPSA) is 46.5 Å². The van der Waals surface area contributed by atoms with Crippen molar-refractivity contribution in [1.82, 2.24) is 0 Å². The van der Waals surface area contributed by atoms with Crippen LogP contribution in [0.2, 0.25) is 0 Å². The van der Waals surface area contributed by atoms with E-state index in [0.29, 0.717) is 6.10 Å². The van der Waals surface area contributed by atoms with Crippen LogP contribution in [0.15, 0.2) is 36.5 Å². The third-order valence-corrected chi connectivity index (χ3v) is 3.96. The zero-order valence-corrected chi connectivity index (χ0v) is 14.3. The number of carboxylic acid groups (broad SMARTS) is 1. The number of carbonyl (C=O) groups is 1. The van der Waals surface area contributed by atoms with Crippen molar-refractivity contribution in [3.05, 3.63) is 36.5 Å². The van der Waals surface area contributed by atoms with E-state index in [9.17, 15) is 4.79 Å². The highest BCUT2D eigenvalue weighted by Crippen LogP contribution is 2.12. The highest BCUT2D eigenvalue weighted by molar-refractivity contribution is 5.66. The van der Waals surface area contributed by atoms with Crippen molar-refractivity contribution in [1.29, 1.82) is 0 Å². The van der Waals surface area contributed by atoms with Crippen LogP contribution in [0.4, 0.5) is 0 Å². The van der Waals surface area contributed by atoms with E-state index >= 15 is 0 Å². The number of hydrogen-bond acceptors (Lipinski definition) is 2. The SMILES string of the molecule is O=C(O)CCCCC=CCC1CCC=CCC=CCCCCO1. The molecule has 23 heavy (non-hydrogen) atoms. The third kappa shape index (κ3) is 12.8. The van der Waals surface area contributed by atoms with E-state index in [1.165, 1.54) is 6.42 Å². The van der Waals surface area contributed by atoms with E-state index in [4.69, 9.17) is 9.84 Å². The summed E-state index contributed by atoms with van der Waals surface area (Å²) >= 11 is 0. The van der Waals surface area contributed by atoms with Crippen LogP contribution in [0.5, 0.6) is 0 Å². The van der Waals surface area contributed by atoms with Crippen LogP contribution in [-0.2, 0) is 9.53 Å².